The number of H-pyrrole nitrogens is 1. The molecule has 0 saturated heterocycles. The minimum Gasteiger partial charge on any atom is -0.347 e. The van der Waals surface area contributed by atoms with E-state index in [9.17, 15) is 0 Å². The maximum atomic E-state index is 4.39. The Morgan fingerprint density at radius 1 is 1.21 bits per heavy atom. The molecule has 0 atom stereocenters. The molecule has 0 aliphatic rings. The summed E-state index contributed by atoms with van der Waals surface area (Å²) in [6, 6.07) is 4.04. The number of nitrogens with one attached hydrogen (secondary N) is 1. The third-order valence-corrected chi connectivity index (χ3v) is 2.90. The molecule has 0 aliphatic carbocycles. The van der Waals surface area contributed by atoms with Crippen LogP contribution in [0.15, 0.2) is 36.9 Å². The predicted molar refractivity (Wildman–Crippen MR) is 70.3 cm³/mol. The van der Waals surface area contributed by atoms with Crippen LogP contribution >= 0.6 is 0 Å². The number of nitrogens with zero attached hydrogens (tertiary/aromatic N) is 5. The van der Waals surface area contributed by atoms with Gasteiger partial charge in [0.2, 0.25) is 0 Å². The lowest BCUT2D eigenvalue weighted by atomic mass is 10.2. The molecule has 0 aromatic carbocycles. The van der Waals surface area contributed by atoms with Gasteiger partial charge in [-0.1, -0.05) is 18.2 Å². The van der Waals surface area contributed by atoms with E-state index in [1.165, 1.54) is 5.56 Å². The highest BCUT2D eigenvalue weighted by molar-refractivity contribution is 5.52. The third kappa shape index (κ3) is 2.52. The van der Waals surface area contributed by atoms with Crippen molar-refractivity contribution >= 4 is 0 Å². The fourth-order valence-corrected chi connectivity index (χ4v) is 1.82. The molecule has 0 radical (unpaired) electrons. The second kappa shape index (κ2) is 5.01. The number of aromatic amines is 1. The van der Waals surface area contributed by atoms with Gasteiger partial charge in [-0.05, 0) is 18.1 Å². The minimum atomic E-state index is 0.576. The Labute approximate surface area is 110 Å². The molecule has 3 aromatic heterocycles. The smallest absolute Gasteiger partial charge is 0.131 e. The summed E-state index contributed by atoms with van der Waals surface area (Å²) in [6.45, 7) is 2.68. The van der Waals surface area contributed by atoms with E-state index in [0.717, 1.165) is 23.6 Å². The van der Waals surface area contributed by atoms with Gasteiger partial charge in [0.1, 0.15) is 18.1 Å². The standard InChI is InChI=1S/C13H14N6/c1-2-10-3-4-11(16-7-10)12-8-19(18-17-12)9-13-14-5-6-15-13/h3-8H,2,9H2,1H3,(H,14,15). The maximum Gasteiger partial charge on any atom is 0.131 e. The van der Waals surface area contributed by atoms with Crippen molar-refractivity contribution in [3.05, 3.63) is 48.3 Å². The van der Waals surface area contributed by atoms with E-state index in [4.69, 9.17) is 0 Å². The number of aromatic nitrogens is 6. The summed E-state index contributed by atoms with van der Waals surface area (Å²) in [5.74, 6) is 0.853. The average Bonchev–Trinajstić information content (AvgIpc) is 3.11. The number of aryl methyl sites for hydroxylation is 1. The Kier molecular flexibility index (Phi) is 3.06. The van der Waals surface area contributed by atoms with Gasteiger partial charge in [0.15, 0.2) is 0 Å². The molecule has 0 saturated carbocycles. The summed E-state index contributed by atoms with van der Waals surface area (Å²) < 4.78 is 1.74. The van der Waals surface area contributed by atoms with Crippen LogP contribution in [0.4, 0.5) is 0 Å². The number of rotatable bonds is 4. The first-order valence-electron chi connectivity index (χ1n) is 6.19. The molecule has 19 heavy (non-hydrogen) atoms. The van der Waals surface area contributed by atoms with E-state index in [2.05, 4.69) is 38.3 Å². The first kappa shape index (κ1) is 11.6. The molecule has 0 spiro atoms. The Bertz CT molecular complexity index is 638. The highest BCUT2D eigenvalue weighted by atomic mass is 15.4. The lowest BCUT2D eigenvalue weighted by Crippen LogP contribution is -2.01. The first-order valence-corrected chi connectivity index (χ1v) is 6.19. The summed E-state index contributed by atoms with van der Waals surface area (Å²) in [5.41, 5.74) is 2.82. The van der Waals surface area contributed by atoms with Gasteiger partial charge in [0.05, 0.1) is 11.9 Å². The minimum absolute atomic E-state index is 0.576. The van der Waals surface area contributed by atoms with Crippen molar-refractivity contribution < 1.29 is 0 Å². The second-order valence-corrected chi connectivity index (χ2v) is 4.24. The van der Waals surface area contributed by atoms with Gasteiger partial charge in [0, 0.05) is 18.6 Å². The lowest BCUT2D eigenvalue weighted by Gasteiger charge is -1.97. The van der Waals surface area contributed by atoms with Gasteiger partial charge in [0.25, 0.3) is 0 Å². The molecule has 3 rings (SSSR count). The quantitative estimate of drug-likeness (QED) is 0.768. The average molecular weight is 254 g/mol. The Morgan fingerprint density at radius 3 is 2.84 bits per heavy atom. The normalized spacial score (nSPS) is 10.8. The molecule has 0 unspecified atom stereocenters. The van der Waals surface area contributed by atoms with E-state index in [-0.39, 0.29) is 0 Å². The van der Waals surface area contributed by atoms with Gasteiger partial charge in [-0.15, -0.1) is 5.10 Å². The van der Waals surface area contributed by atoms with Crippen LogP contribution in [0, 0.1) is 0 Å². The fraction of sp³-hybridized carbons (Fsp3) is 0.231. The van der Waals surface area contributed by atoms with Crippen LogP contribution in [-0.2, 0) is 13.0 Å². The third-order valence-electron chi connectivity index (χ3n) is 2.90. The molecule has 6 heteroatoms. The zero-order chi connectivity index (χ0) is 13.1. The summed E-state index contributed by atoms with van der Waals surface area (Å²) >= 11 is 0. The van der Waals surface area contributed by atoms with E-state index in [1.54, 1.807) is 17.1 Å². The molecule has 3 aromatic rings. The highest BCUT2D eigenvalue weighted by Crippen LogP contribution is 2.13. The van der Waals surface area contributed by atoms with Crippen molar-refractivity contribution in [3.63, 3.8) is 0 Å². The van der Waals surface area contributed by atoms with Crippen molar-refractivity contribution in [1.29, 1.82) is 0 Å². The summed E-state index contributed by atoms with van der Waals surface area (Å²) in [4.78, 5) is 11.6. The summed E-state index contributed by atoms with van der Waals surface area (Å²) in [7, 11) is 0. The Morgan fingerprint density at radius 2 is 2.16 bits per heavy atom. The van der Waals surface area contributed by atoms with Gasteiger partial charge in [-0.25, -0.2) is 9.67 Å². The van der Waals surface area contributed by atoms with Crippen molar-refractivity contribution in [2.45, 2.75) is 19.9 Å². The van der Waals surface area contributed by atoms with Crippen LogP contribution in [0.5, 0.6) is 0 Å². The molecule has 0 bridgehead atoms. The van der Waals surface area contributed by atoms with Crippen LogP contribution < -0.4 is 0 Å². The van der Waals surface area contributed by atoms with Gasteiger partial charge < -0.3 is 4.98 Å². The van der Waals surface area contributed by atoms with E-state index in [0.29, 0.717) is 6.54 Å². The second-order valence-electron chi connectivity index (χ2n) is 4.24. The number of pyridine rings is 1. The van der Waals surface area contributed by atoms with Crippen LogP contribution in [0.3, 0.4) is 0 Å². The number of hydrogen-bond acceptors (Lipinski definition) is 4. The van der Waals surface area contributed by atoms with Crippen molar-refractivity contribution in [2.24, 2.45) is 0 Å². The largest absolute Gasteiger partial charge is 0.347 e. The molecule has 0 fully saturated rings. The van der Waals surface area contributed by atoms with Crippen LogP contribution in [0.1, 0.15) is 18.3 Å². The Balaban J connectivity index is 1.80. The SMILES string of the molecule is CCc1ccc(-c2cn(Cc3ncc[nH]3)nn2)nc1. The molecule has 96 valence electrons. The zero-order valence-electron chi connectivity index (χ0n) is 10.6. The van der Waals surface area contributed by atoms with E-state index < -0.39 is 0 Å². The molecule has 0 aliphatic heterocycles. The molecular weight excluding hydrogens is 240 g/mol. The lowest BCUT2D eigenvalue weighted by molar-refractivity contribution is 0.629. The van der Waals surface area contributed by atoms with Crippen LogP contribution in [0.2, 0.25) is 0 Å². The first-order chi connectivity index (χ1) is 9.35. The molecule has 0 amide bonds. The van der Waals surface area contributed by atoms with Gasteiger partial charge in [-0.2, -0.15) is 0 Å². The topological polar surface area (TPSA) is 72.3 Å². The molecule has 1 N–H and O–H groups in total. The van der Waals surface area contributed by atoms with Crippen molar-refractivity contribution in [3.8, 4) is 11.4 Å². The fourth-order valence-electron chi connectivity index (χ4n) is 1.82. The van der Waals surface area contributed by atoms with E-state index in [1.807, 2.05) is 18.5 Å². The molecule has 6 nitrogen and oxygen atoms in total. The predicted octanol–water partition coefficient (Wildman–Crippen LogP) is 1.67. The summed E-state index contributed by atoms with van der Waals surface area (Å²) in [6.07, 6.45) is 8.24. The number of hydrogen-bond donors (Lipinski definition) is 1. The van der Waals surface area contributed by atoms with E-state index >= 15 is 0 Å². The molecule has 3 heterocycles. The van der Waals surface area contributed by atoms with Crippen LogP contribution in [0.25, 0.3) is 11.4 Å². The van der Waals surface area contributed by atoms with Crippen molar-refractivity contribution in [2.75, 3.05) is 0 Å². The highest BCUT2D eigenvalue weighted by Gasteiger charge is 2.06. The monoisotopic (exact) mass is 254 g/mol. The van der Waals surface area contributed by atoms with Crippen molar-refractivity contribution in [1.82, 2.24) is 29.9 Å². The van der Waals surface area contributed by atoms with Gasteiger partial charge in [-0.3, -0.25) is 4.98 Å². The molecular formula is C13H14N6. The maximum absolute atomic E-state index is 4.39. The summed E-state index contributed by atoms with van der Waals surface area (Å²) in [5, 5.41) is 8.21. The van der Waals surface area contributed by atoms with Crippen LogP contribution in [-0.4, -0.2) is 29.9 Å². The zero-order valence-corrected chi connectivity index (χ0v) is 10.6. The van der Waals surface area contributed by atoms with Gasteiger partial charge >= 0.3 is 0 Å². The number of imidazole rings is 1. The Hall–Kier alpha value is -2.50.